The lowest BCUT2D eigenvalue weighted by Gasteiger charge is -2.19. The molecule has 6 nitrogen and oxygen atoms in total. The molecule has 6 heteroatoms. The van der Waals surface area contributed by atoms with Crippen molar-refractivity contribution < 1.29 is 19.1 Å². The Morgan fingerprint density at radius 2 is 1.52 bits per heavy atom. The zero-order valence-electron chi connectivity index (χ0n) is 15.8. The van der Waals surface area contributed by atoms with Gasteiger partial charge in [-0.25, -0.2) is 4.79 Å². The minimum Gasteiger partial charge on any atom is -0.494 e. The van der Waals surface area contributed by atoms with Crippen LogP contribution < -0.4 is 14.4 Å². The molecule has 0 unspecified atom stereocenters. The van der Waals surface area contributed by atoms with Gasteiger partial charge >= 0.3 is 6.03 Å². The van der Waals surface area contributed by atoms with Gasteiger partial charge in [-0.1, -0.05) is 17.7 Å². The Morgan fingerprint density at radius 3 is 2.11 bits per heavy atom. The number of ether oxygens (including phenoxy) is 2. The molecule has 0 radical (unpaired) electrons. The molecule has 3 amide bonds. The Bertz CT molecular complexity index is 802. The summed E-state index contributed by atoms with van der Waals surface area (Å²) in [5.41, 5.74) is 1.83. The van der Waals surface area contributed by atoms with Crippen LogP contribution in [-0.4, -0.2) is 42.6 Å². The van der Waals surface area contributed by atoms with Crippen LogP contribution >= 0.6 is 0 Å². The van der Waals surface area contributed by atoms with Crippen LogP contribution in [0.5, 0.6) is 11.5 Å². The number of benzene rings is 2. The molecule has 2 aromatic carbocycles. The summed E-state index contributed by atoms with van der Waals surface area (Å²) in [4.78, 5) is 28.0. The van der Waals surface area contributed by atoms with Crippen LogP contribution in [0.4, 0.5) is 10.5 Å². The van der Waals surface area contributed by atoms with E-state index >= 15 is 0 Å². The fraction of sp³-hybridized carbons (Fsp3) is 0.333. The Hall–Kier alpha value is -3.02. The average Bonchev–Trinajstić information content (AvgIpc) is 2.87. The van der Waals surface area contributed by atoms with E-state index in [1.165, 1.54) is 9.80 Å². The van der Waals surface area contributed by atoms with Crippen LogP contribution in [0, 0.1) is 6.92 Å². The lowest BCUT2D eigenvalue weighted by atomic mass is 10.2. The molecule has 1 saturated heterocycles. The monoisotopic (exact) mass is 368 g/mol. The molecule has 1 atom stereocenters. The maximum atomic E-state index is 12.7. The average molecular weight is 368 g/mol. The zero-order valence-corrected chi connectivity index (χ0v) is 15.8. The number of imide groups is 1. The summed E-state index contributed by atoms with van der Waals surface area (Å²) >= 11 is 0. The van der Waals surface area contributed by atoms with Gasteiger partial charge in [0.1, 0.15) is 24.1 Å². The number of rotatable bonds is 7. The van der Waals surface area contributed by atoms with Gasteiger partial charge < -0.3 is 9.47 Å². The van der Waals surface area contributed by atoms with Crippen LogP contribution in [0.3, 0.4) is 0 Å². The molecule has 1 aliphatic rings. The number of hydrogen-bond donors (Lipinski definition) is 0. The van der Waals surface area contributed by atoms with Crippen molar-refractivity contribution in [2.24, 2.45) is 0 Å². The number of hydrogen-bond acceptors (Lipinski definition) is 4. The van der Waals surface area contributed by atoms with Gasteiger partial charge in [-0.2, -0.15) is 0 Å². The van der Waals surface area contributed by atoms with Gasteiger partial charge in [-0.15, -0.1) is 0 Å². The van der Waals surface area contributed by atoms with Crippen molar-refractivity contribution in [1.82, 2.24) is 4.90 Å². The van der Waals surface area contributed by atoms with E-state index in [9.17, 15) is 9.59 Å². The molecule has 0 spiro atoms. The largest absolute Gasteiger partial charge is 0.494 e. The second-order valence-electron chi connectivity index (χ2n) is 6.41. The van der Waals surface area contributed by atoms with Gasteiger partial charge in [-0.05, 0) is 57.2 Å². The molecule has 0 N–H and O–H groups in total. The van der Waals surface area contributed by atoms with Crippen molar-refractivity contribution in [3.8, 4) is 11.5 Å². The minimum absolute atomic E-state index is 0.206. The zero-order chi connectivity index (χ0) is 19.4. The summed E-state index contributed by atoms with van der Waals surface area (Å²) in [5.74, 6) is 1.23. The summed E-state index contributed by atoms with van der Waals surface area (Å²) < 4.78 is 11.1. The van der Waals surface area contributed by atoms with Crippen LogP contribution in [0.1, 0.15) is 19.4 Å². The Kier molecular flexibility index (Phi) is 5.64. The summed E-state index contributed by atoms with van der Waals surface area (Å²) in [6.07, 6.45) is 0. The highest BCUT2D eigenvalue weighted by Crippen LogP contribution is 2.26. The Balaban J connectivity index is 1.60. The lowest BCUT2D eigenvalue weighted by molar-refractivity contribution is -0.127. The second-order valence-corrected chi connectivity index (χ2v) is 6.41. The van der Waals surface area contributed by atoms with Crippen molar-refractivity contribution >= 4 is 17.6 Å². The number of nitrogens with zero attached hydrogens (tertiary/aromatic N) is 2. The van der Waals surface area contributed by atoms with E-state index in [1.54, 1.807) is 19.1 Å². The highest BCUT2D eigenvalue weighted by molar-refractivity contribution is 6.14. The van der Waals surface area contributed by atoms with E-state index in [0.717, 1.165) is 17.0 Å². The fourth-order valence-electron chi connectivity index (χ4n) is 3.02. The van der Waals surface area contributed by atoms with E-state index in [0.29, 0.717) is 12.4 Å². The van der Waals surface area contributed by atoms with Gasteiger partial charge in [-0.3, -0.25) is 14.6 Å². The number of amides is 3. The third kappa shape index (κ3) is 4.05. The van der Waals surface area contributed by atoms with Crippen molar-refractivity contribution in [3.63, 3.8) is 0 Å². The molecule has 3 rings (SSSR count). The molecule has 0 aliphatic carbocycles. The number of urea groups is 1. The van der Waals surface area contributed by atoms with E-state index in [1.807, 2.05) is 50.2 Å². The molecule has 2 aromatic rings. The SMILES string of the molecule is CCOc1ccc(OCCN2C(=O)[C@H](C)N(c3ccc(C)cc3)C2=O)cc1. The minimum atomic E-state index is -0.523. The lowest BCUT2D eigenvalue weighted by Crippen LogP contribution is -2.36. The maximum Gasteiger partial charge on any atom is 0.332 e. The van der Waals surface area contributed by atoms with Crippen molar-refractivity contribution in [3.05, 3.63) is 54.1 Å². The molecule has 0 bridgehead atoms. The molecule has 0 aromatic heterocycles. The number of aryl methyl sites for hydroxylation is 1. The normalized spacial score (nSPS) is 16.8. The molecular formula is C21H24N2O4. The molecule has 27 heavy (non-hydrogen) atoms. The third-order valence-electron chi connectivity index (χ3n) is 4.48. The number of anilines is 1. The summed E-state index contributed by atoms with van der Waals surface area (Å²) in [6, 6.07) is 14.0. The van der Waals surface area contributed by atoms with E-state index in [4.69, 9.17) is 9.47 Å². The standard InChI is InChI=1S/C21H24N2O4/c1-4-26-18-9-11-19(12-10-18)27-14-13-22-20(24)16(3)23(21(22)25)17-7-5-15(2)6-8-17/h5-12,16H,4,13-14H2,1-3H3/t16-/m0/s1. The molecule has 1 heterocycles. The first kappa shape index (κ1) is 18.8. The van der Waals surface area contributed by atoms with Crippen LogP contribution in [0.25, 0.3) is 0 Å². The van der Waals surface area contributed by atoms with Crippen molar-refractivity contribution in [2.75, 3.05) is 24.7 Å². The summed E-state index contributed by atoms with van der Waals surface area (Å²) in [5, 5.41) is 0. The fourth-order valence-corrected chi connectivity index (χ4v) is 3.02. The smallest absolute Gasteiger partial charge is 0.332 e. The molecule has 142 valence electrons. The number of carbonyl (C=O) groups excluding carboxylic acids is 2. The Morgan fingerprint density at radius 1 is 0.926 bits per heavy atom. The summed E-state index contributed by atoms with van der Waals surface area (Å²) in [6.45, 7) is 6.70. The Labute approximate surface area is 159 Å². The highest BCUT2D eigenvalue weighted by atomic mass is 16.5. The van der Waals surface area contributed by atoms with E-state index in [2.05, 4.69) is 0 Å². The third-order valence-corrected chi connectivity index (χ3v) is 4.48. The van der Waals surface area contributed by atoms with Crippen LogP contribution in [0.2, 0.25) is 0 Å². The first-order valence-electron chi connectivity index (χ1n) is 9.08. The van der Waals surface area contributed by atoms with E-state index in [-0.39, 0.29) is 25.1 Å². The first-order valence-corrected chi connectivity index (χ1v) is 9.08. The molecule has 1 aliphatic heterocycles. The topological polar surface area (TPSA) is 59.1 Å². The predicted octanol–water partition coefficient (Wildman–Crippen LogP) is 3.63. The molecule has 1 fully saturated rings. The quantitative estimate of drug-likeness (QED) is 0.700. The first-order chi connectivity index (χ1) is 13.0. The van der Waals surface area contributed by atoms with Gasteiger partial charge in [0.05, 0.1) is 13.2 Å². The van der Waals surface area contributed by atoms with Gasteiger partial charge in [0.25, 0.3) is 5.91 Å². The van der Waals surface area contributed by atoms with Gasteiger partial charge in [0, 0.05) is 5.69 Å². The second kappa shape index (κ2) is 8.12. The summed E-state index contributed by atoms with van der Waals surface area (Å²) in [7, 11) is 0. The molecular weight excluding hydrogens is 344 g/mol. The highest BCUT2D eigenvalue weighted by Gasteiger charge is 2.43. The van der Waals surface area contributed by atoms with Crippen LogP contribution in [-0.2, 0) is 4.79 Å². The molecule has 0 saturated carbocycles. The van der Waals surface area contributed by atoms with Crippen LogP contribution in [0.15, 0.2) is 48.5 Å². The number of carbonyl (C=O) groups is 2. The maximum absolute atomic E-state index is 12.7. The van der Waals surface area contributed by atoms with Crippen molar-refractivity contribution in [1.29, 1.82) is 0 Å². The van der Waals surface area contributed by atoms with E-state index < -0.39 is 6.04 Å². The predicted molar refractivity (Wildman–Crippen MR) is 103 cm³/mol. The van der Waals surface area contributed by atoms with Gasteiger partial charge in [0.2, 0.25) is 0 Å². The van der Waals surface area contributed by atoms with Gasteiger partial charge in [0.15, 0.2) is 0 Å². The van der Waals surface area contributed by atoms with Crippen molar-refractivity contribution in [2.45, 2.75) is 26.8 Å².